The molecule has 0 bridgehead atoms. The molecule has 1 aromatic carbocycles. The molecule has 2 N–H and O–H groups in total. The molecule has 6 nitrogen and oxygen atoms in total. The number of nitrogens with one attached hydrogen (secondary N) is 2. The lowest BCUT2D eigenvalue weighted by Crippen LogP contribution is -2.41. The smallest absolute Gasteiger partial charge is 0.191 e. The number of hydrogen-bond acceptors (Lipinski definition) is 4. The van der Waals surface area contributed by atoms with Crippen molar-refractivity contribution >= 4 is 11.8 Å². The molecule has 0 aliphatic carbocycles. The lowest BCUT2D eigenvalue weighted by molar-refractivity contribution is 0.0529. The van der Waals surface area contributed by atoms with Crippen LogP contribution in [0.5, 0.6) is 0 Å². The third-order valence-corrected chi connectivity index (χ3v) is 4.36. The second-order valence-corrected chi connectivity index (χ2v) is 6.42. The first-order chi connectivity index (χ1) is 12.7. The number of nitrogens with zero attached hydrogens (tertiary/aromatic N) is 3. The van der Waals surface area contributed by atoms with Gasteiger partial charge in [0.05, 0.1) is 12.7 Å². The molecule has 0 spiro atoms. The predicted molar refractivity (Wildman–Crippen MR) is 105 cm³/mol. The van der Waals surface area contributed by atoms with E-state index in [0.717, 1.165) is 43.6 Å². The highest BCUT2D eigenvalue weighted by atomic mass is 16.5. The van der Waals surface area contributed by atoms with Crippen LogP contribution in [0.1, 0.15) is 18.1 Å². The Morgan fingerprint density at radius 2 is 1.92 bits per heavy atom. The van der Waals surface area contributed by atoms with E-state index in [0.29, 0.717) is 6.54 Å². The van der Waals surface area contributed by atoms with Gasteiger partial charge in [0, 0.05) is 39.4 Å². The molecule has 1 fully saturated rings. The van der Waals surface area contributed by atoms with Gasteiger partial charge < -0.3 is 20.3 Å². The first-order valence-corrected chi connectivity index (χ1v) is 9.04. The number of ether oxygens (including phenoxy) is 1. The molecule has 26 heavy (non-hydrogen) atoms. The van der Waals surface area contributed by atoms with Gasteiger partial charge in [-0.15, -0.1) is 0 Å². The molecule has 0 saturated carbocycles. The van der Waals surface area contributed by atoms with Crippen molar-refractivity contribution in [2.24, 2.45) is 4.99 Å². The van der Waals surface area contributed by atoms with Crippen molar-refractivity contribution in [1.29, 1.82) is 0 Å². The molecule has 1 aliphatic rings. The fourth-order valence-electron chi connectivity index (χ4n) is 2.92. The van der Waals surface area contributed by atoms with Crippen LogP contribution in [0.15, 0.2) is 53.7 Å². The summed E-state index contributed by atoms with van der Waals surface area (Å²) in [6.07, 6.45) is 2.18. The molecule has 138 valence electrons. The van der Waals surface area contributed by atoms with Crippen molar-refractivity contribution in [2.45, 2.75) is 26.1 Å². The Morgan fingerprint density at radius 3 is 2.58 bits per heavy atom. The van der Waals surface area contributed by atoms with Crippen LogP contribution < -0.4 is 15.5 Å². The van der Waals surface area contributed by atoms with Crippen molar-refractivity contribution in [3.8, 4) is 0 Å². The van der Waals surface area contributed by atoms with Crippen LogP contribution in [-0.4, -0.2) is 43.8 Å². The Kier molecular flexibility index (Phi) is 6.44. The van der Waals surface area contributed by atoms with Gasteiger partial charge in [-0.05, 0) is 24.1 Å². The van der Waals surface area contributed by atoms with Crippen LogP contribution in [0.2, 0.25) is 0 Å². The van der Waals surface area contributed by atoms with Crippen molar-refractivity contribution in [1.82, 2.24) is 15.6 Å². The summed E-state index contributed by atoms with van der Waals surface area (Å²) in [4.78, 5) is 11.1. The Bertz CT molecular complexity index is 702. The van der Waals surface area contributed by atoms with Gasteiger partial charge in [0.1, 0.15) is 5.82 Å². The van der Waals surface area contributed by atoms with Gasteiger partial charge in [-0.3, -0.25) is 4.99 Å². The standard InChI is InChI=1S/C20H27N5O/c1-16-15-25(10-11-26-16)19-9-8-18(13-22-19)14-24-20(21-2)23-12-17-6-4-3-5-7-17/h3-9,13,16H,10-12,14-15H2,1-2H3,(H2,21,23,24). The van der Waals surface area contributed by atoms with E-state index in [-0.39, 0.29) is 6.10 Å². The number of aliphatic imine (C=N–C) groups is 1. The van der Waals surface area contributed by atoms with Crippen LogP contribution in [0, 0.1) is 0 Å². The van der Waals surface area contributed by atoms with Gasteiger partial charge in [-0.25, -0.2) is 4.98 Å². The van der Waals surface area contributed by atoms with E-state index in [9.17, 15) is 0 Å². The summed E-state index contributed by atoms with van der Waals surface area (Å²) in [5, 5.41) is 6.65. The van der Waals surface area contributed by atoms with E-state index in [1.54, 1.807) is 7.05 Å². The zero-order valence-electron chi connectivity index (χ0n) is 15.5. The molecule has 6 heteroatoms. The molecule has 1 atom stereocenters. The van der Waals surface area contributed by atoms with Crippen molar-refractivity contribution < 1.29 is 4.74 Å². The number of hydrogen-bond donors (Lipinski definition) is 2. The number of anilines is 1. The molecular formula is C20H27N5O. The highest BCUT2D eigenvalue weighted by Gasteiger charge is 2.17. The van der Waals surface area contributed by atoms with Gasteiger partial charge in [-0.2, -0.15) is 0 Å². The second kappa shape index (κ2) is 9.20. The summed E-state index contributed by atoms with van der Waals surface area (Å²) in [7, 11) is 1.78. The molecule has 2 aromatic rings. The van der Waals surface area contributed by atoms with Crippen molar-refractivity contribution in [3.63, 3.8) is 0 Å². The highest BCUT2D eigenvalue weighted by molar-refractivity contribution is 5.79. The zero-order chi connectivity index (χ0) is 18.2. The van der Waals surface area contributed by atoms with E-state index >= 15 is 0 Å². The number of rotatable bonds is 5. The predicted octanol–water partition coefficient (Wildman–Crippen LogP) is 2.17. The Balaban J connectivity index is 1.49. The quantitative estimate of drug-likeness (QED) is 0.637. The van der Waals surface area contributed by atoms with Crippen LogP contribution >= 0.6 is 0 Å². The molecule has 1 aliphatic heterocycles. The van der Waals surface area contributed by atoms with E-state index in [4.69, 9.17) is 4.74 Å². The van der Waals surface area contributed by atoms with Crippen LogP contribution in [0.25, 0.3) is 0 Å². The van der Waals surface area contributed by atoms with E-state index < -0.39 is 0 Å². The van der Waals surface area contributed by atoms with Crippen LogP contribution in [0.3, 0.4) is 0 Å². The summed E-state index contributed by atoms with van der Waals surface area (Å²) in [5.41, 5.74) is 2.35. The van der Waals surface area contributed by atoms with E-state index in [1.165, 1.54) is 5.56 Å². The maximum atomic E-state index is 5.59. The molecule has 1 unspecified atom stereocenters. The zero-order valence-corrected chi connectivity index (χ0v) is 15.5. The van der Waals surface area contributed by atoms with Gasteiger partial charge in [-0.1, -0.05) is 36.4 Å². The Morgan fingerprint density at radius 1 is 1.15 bits per heavy atom. The molecule has 3 rings (SSSR count). The maximum absolute atomic E-state index is 5.59. The summed E-state index contributed by atoms with van der Waals surface area (Å²) in [6.45, 7) is 6.06. The molecule has 2 heterocycles. The molecule has 1 aromatic heterocycles. The molecule has 0 radical (unpaired) electrons. The minimum Gasteiger partial charge on any atom is -0.375 e. The third-order valence-electron chi connectivity index (χ3n) is 4.36. The minimum absolute atomic E-state index is 0.255. The van der Waals surface area contributed by atoms with Crippen molar-refractivity contribution in [2.75, 3.05) is 31.6 Å². The molecule has 1 saturated heterocycles. The lowest BCUT2D eigenvalue weighted by Gasteiger charge is -2.32. The Hall–Kier alpha value is -2.60. The first kappa shape index (κ1) is 18.2. The van der Waals surface area contributed by atoms with Gasteiger partial charge >= 0.3 is 0 Å². The summed E-state index contributed by atoms with van der Waals surface area (Å²) in [5.74, 6) is 1.79. The average Bonchev–Trinajstić information content (AvgIpc) is 2.69. The van der Waals surface area contributed by atoms with E-state index in [1.807, 2.05) is 24.4 Å². The average molecular weight is 353 g/mol. The van der Waals surface area contributed by atoms with Crippen LogP contribution in [0.4, 0.5) is 5.82 Å². The number of benzene rings is 1. The monoisotopic (exact) mass is 353 g/mol. The van der Waals surface area contributed by atoms with Gasteiger partial charge in [0.25, 0.3) is 0 Å². The first-order valence-electron chi connectivity index (χ1n) is 9.04. The third kappa shape index (κ3) is 5.20. The van der Waals surface area contributed by atoms with Crippen molar-refractivity contribution in [3.05, 3.63) is 59.8 Å². The number of aromatic nitrogens is 1. The SMILES string of the molecule is CN=C(NCc1ccccc1)NCc1ccc(N2CCOC(C)C2)nc1. The molecule has 0 amide bonds. The normalized spacial score (nSPS) is 17.8. The van der Waals surface area contributed by atoms with Gasteiger partial charge in [0.2, 0.25) is 0 Å². The minimum atomic E-state index is 0.255. The number of morpholine rings is 1. The van der Waals surface area contributed by atoms with Crippen LogP contribution in [-0.2, 0) is 17.8 Å². The fourth-order valence-corrected chi connectivity index (χ4v) is 2.92. The second-order valence-electron chi connectivity index (χ2n) is 6.42. The maximum Gasteiger partial charge on any atom is 0.191 e. The summed E-state index contributed by atoms with van der Waals surface area (Å²) in [6, 6.07) is 14.5. The topological polar surface area (TPSA) is 61.8 Å². The van der Waals surface area contributed by atoms with Gasteiger partial charge in [0.15, 0.2) is 5.96 Å². The molecular weight excluding hydrogens is 326 g/mol. The lowest BCUT2D eigenvalue weighted by atomic mass is 10.2. The number of pyridine rings is 1. The largest absolute Gasteiger partial charge is 0.375 e. The number of guanidine groups is 1. The fraction of sp³-hybridized carbons (Fsp3) is 0.400. The Labute approximate surface area is 155 Å². The highest BCUT2D eigenvalue weighted by Crippen LogP contribution is 2.15. The summed E-state index contributed by atoms with van der Waals surface area (Å²) < 4.78 is 5.59. The summed E-state index contributed by atoms with van der Waals surface area (Å²) >= 11 is 0. The van der Waals surface area contributed by atoms with E-state index in [2.05, 4.69) is 56.7 Å².